The number of fused-ring (bicyclic) bond motifs is 8. The Morgan fingerprint density at radius 3 is 1.41 bits per heavy atom. The number of rotatable bonds is 18. The molecule has 2 aliphatic rings. The Morgan fingerprint density at radius 1 is 0.565 bits per heavy atom. The summed E-state index contributed by atoms with van der Waals surface area (Å²) in [4.78, 5) is 107. The van der Waals surface area contributed by atoms with Gasteiger partial charge in [0.2, 0.25) is 23.6 Å². The van der Waals surface area contributed by atoms with Crippen LogP contribution in [0.1, 0.15) is 98.7 Å². The molecule has 0 spiro atoms. The molecule has 1 radical (unpaired) electrons. The first kappa shape index (κ1) is 50.8. The number of nitrogens with one attached hydrogen (secondary N) is 8. The Labute approximate surface area is 406 Å². The number of aryl methyl sites for hydroxylation is 2. The smallest absolute Gasteiger partial charge is 0.480 e. The van der Waals surface area contributed by atoms with Gasteiger partial charge in [0.25, 0.3) is 0 Å². The van der Waals surface area contributed by atoms with E-state index < -0.39 is 59.7 Å². The van der Waals surface area contributed by atoms with E-state index in [9.17, 15) is 39.0 Å². The van der Waals surface area contributed by atoms with Crippen molar-refractivity contribution in [3.8, 4) is 0 Å². The molecule has 8 bridgehead atoms. The Bertz CT molecular complexity index is 3010. The summed E-state index contributed by atoms with van der Waals surface area (Å²) in [6, 6.07) is 7.28. The predicted octanol–water partition coefficient (Wildman–Crippen LogP) is 4.43. The van der Waals surface area contributed by atoms with Crippen molar-refractivity contribution in [3.63, 3.8) is 0 Å². The van der Waals surface area contributed by atoms with Gasteiger partial charge in [0.1, 0.15) is 24.2 Å². The number of imidazole rings is 2. The largest absolute Gasteiger partial charge is 3.00 e. The Morgan fingerprint density at radius 2 is 0.986 bits per heavy atom. The van der Waals surface area contributed by atoms with Crippen molar-refractivity contribution in [2.75, 3.05) is 0 Å². The molecule has 2 aliphatic heterocycles. The van der Waals surface area contributed by atoms with E-state index in [2.05, 4.69) is 57.2 Å². The average molecular weight is 983 g/mol. The van der Waals surface area contributed by atoms with Gasteiger partial charge in [-0.25, -0.2) is 29.5 Å². The number of allylic oxidation sites excluding steroid dienone is 4. The van der Waals surface area contributed by atoms with E-state index >= 15 is 0 Å². The van der Waals surface area contributed by atoms with Crippen LogP contribution >= 0.6 is 0 Å². The van der Waals surface area contributed by atoms with Crippen LogP contribution in [0.5, 0.6) is 0 Å². The van der Waals surface area contributed by atoms with Crippen molar-refractivity contribution < 1.29 is 56.0 Å². The Balaban J connectivity index is 0.00000782. The molecule has 20 nitrogen and oxygen atoms in total. The quantitative estimate of drug-likeness (QED) is 0.0546. The van der Waals surface area contributed by atoms with Crippen LogP contribution in [0.4, 0.5) is 0 Å². The number of carboxylic acid groups (broad SMARTS) is 2. The van der Waals surface area contributed by atoms with Crippen molar-refractivity contribution >= 4 is 79.9 Å². The molecule has 10 N–H and O–H groups in total. The van der Waals surface area contributed by atoms with E-state index in [1.54, 1.807) is 0 Å². The van der Waals surface area contributed by atoms with E-state index in [0.29, 0.717) is 34.2 Å². The predicted molar refractivity (Wildman–Crippen MR) is 253 cm³/mol. The van der Waals surface area contributed by atoms with Crippen molar-refractivity contribution in [2.45, 2.75) is 104 Å². The molecule has 21 heteroatoms. The van der Waals surface area contributed by atoms with Gasteiger partial charge in [-0.15, -0.1) is 0 Å². The minimum absolute atomic E-state index is 0. The molecule has 5 aromatic rings. The molecule has 0 fully saturated rings. The van der Waals surface area contributed by atoms with Crippen LogP contribution in [0.15, 0.2) is 61.4 Å². The molecule has 0 saturated heterocycles. The Hall–Kier alpha value is -7.64. The van der Waals surface area contributed by atoms with Crippen LogP contribution in [-0.4, -0.2) is 110 Å². The van der Waals surface area contributed by atoms with Gasteiger partial charge < -0.3 is 51.4 Å². The average Bonchev–Trinajstić information content (AvgIpc) is 4.16. The van der Waals surface area contributed by atoms with Gasteiger partial charge in [-0.2, -0.15) is 0 Å². The number of aromatic amines is 4. The van der Waals surface area contributed by atoms with Gasteiger partial charge in [0, 0.05) is 71.5 Å². The minimum atomic E-state index is -1.24. The van der Waals surface area contributed by atoms with Gasteiger partial charge in [0.05, 0.1) is 35.4 Å². The van der Waals surface area contributed by atoms with Crippen molar-refractivity contribution in [1.29, 1.82) is 0 Å². The third-order valence-electron chi connectivity index (χ3n) is 12.0. The first-order valence-corrected chi connectivity index (χ1v) is 22.1. The molecule has 5 aromatic heterocycles. The summed E-state index contributed by atoms with van der Waals surface area (Å²) in [7, 11) is 0. The zero-order valence-corrected chi connectivity index (χ0v) is 39.9. The van der Waals surface area contributed by atoms with E-state index in [0.717, 1.165) is 55.5 Å². The van der Waals surface area contributed by atoms with Crippen LogP contribution in [0.3, 0.4) is 0 Å². The fourth-order valence-corrected chi connectivity index (χ4v) is 8.09. The standard InChI is InChI=1S/C48H54N12O8.Fe/c1-23-11-30-14-37-25(3)33(7-9-43(61)53-27(5)45(63)59-41(47(65)66)15-31-19-49-21-51-31)39(57-37)18-40-34(26(4)38(58-40)17-36-24(2)12-29(56-36)13-35(23)55-30)8-10-44(62)54-28(6)46(64)60-42(48(67)68)16-32-20-50-22-52-32;/h11-14,17-22,27-28,41-42,55-56H,7-10,15-16H2,1-6H3,(H,49,51)(H,50,52)(H,53,61)(H,54,62)(H,59,63)(H,60,64)(H,65,66)(H,67,68);/q;+3. The number of carboxylic acids is 2. The number of carbonyl (C=O) groups excluding carboxylic acids is 4. The Kier molecular flexibility index (Phi) is 16.2. The number of aliphatic carboxylic acids is 2. The zero-order valence-electron chi connectivity index (χ0n) is 38.8. The van der Waals surface area contributed by atoms with E-state index in [-0.39, 0.29) is 55.6 Å². The topological polar surface area (TPSA) is 306 Å². The van der Waals surface area contributed by atoms with Crippen LogP contribution < -0.4 is 21.3 Å². The second-order valence-electron chi connectivity index (χ2n) is 17.1. The third kappa shape index (κ3) is 12.5. The van der Waals surface area contributed by atoms with Gasteiger partial charge in [-0.1, -0.05) is 0 Å². The monoisotopic (exact) mass is 982 g/mol. The summed E-state index contributed by atoms with van der Waals surface area (Å²) in [6.07, 6.45) is 6.12. The first-order chi connectivity index (χ1) is 32.4. The number of amides is 4. The van der Waals surface area contributed by atoms with Crippen LogP contribution in [0.2, 0.25) is 0 Å². The maximum absolute atomic E-state index is 13.5. The molecule has 69 heavy (non-hydrogen) atoms. The van der Waals surface area contributed by atoms with Crippen LogP contribution in [-0.2, 0) is 58.7 Å². The molecule has 4 unspecified atom stereocenters. The summed E-state index contributed by atoms with van der Waals surface area (Å²) >= 11 is 0. The summed E-state index contributed by atoms with van der Waals surface area (Å²) in [6.45, 7) is 10.8. The van der Waals surface area contributed by atoms with Crippen LogP contribution in [0, 0.1) is 13.8 Å². The first-order valence-electron chi connectivity index (χ1n) is 22.1. The second kappa shape index (κ2) is 22.0. The molecule has 4 atom stereocenters. The van der Waals surface area contributed by atoms with Gasteiger partial charge in [0.15, 0.2) is 0 Å². The number of hydrogen-bond donors (Lipinski definition) is 10. The van der Waals surface area contributed by atoms with Gasteiger partial charge >= 0.3 is 29.0 Å². The van der Waals surface area contributed by atoms with E-state index in [1.807, 2.05) is 58.0 Å². The SMILES string of the molecule is CC1=C(CCC(=O)NC(C)C(=O)NC(Cc2cnc[nH]2)C(=O)O)c2cc3nc(cc4[nH]c(cc4C)cc4[nH]c(cc1n2)cc4C)C(C)=C3CCC(=O)NC(C)C(=O)NC(Cc1cnc[nH]1)C(=O)O.[Fe+3]. The molecule has 0 saturated carbocycles. The molecule has 7 rings (SSSR count). The van der Waals surface area contributed by atoms with Crippen molar-refractivity contribution in [1.82, 2.24) is 61.1 Å². The second-order valence-corrected chi connectivity index (χ2v) is 17.1. The summed E-state index contributed by atoms with van der Waals surface area (Å²) < 4.78 is 0. The maximum atomic E-state index is 13.5. The molecule has 359 valence electrons. The minimum Gasteiger partial charge on any atom is -0.480 e. The summed E-state index contributed by atoms with van der Waals surface area (Å²) in [5.41, 5.74) is 12.1. The van der Waals surface area contributed by atoms with Crippen molar-refractivity contribution in [3.05, 3.63) is 107 Å². The molecule has 7 heterocycles. The maximum Gasteiger partial charge on any atom is 3.00 e. The normalized spacial score (nSPS) is 14.0. The van der Waals surface area contributed by atoms with E-state index in [4.69, 9.17) is 9.97 Å². The zero-order chi connectivity index (χ0) is 48.8. The fraction of sp³-hybridized carbons (Fsp3) is 0.333. The fourth-order valence-electron chi connectivity index (χ4n) is 8.09. The number of H-pyrrole nitrogens is 4. The summed E-state index contributed by atoms with van der Waals surface area (Å²) in [5, 5.41) is 29.8. The molecule has 0 aromatic carbocycles. The molecule has 4 amide bonds. The third-order valence-corrected chi connectivity index (χ3v) is 12.0. The molecular weight excluding hydrogens is 928 g/mol. The number of aromatic nitrogens is 8. The van der Waals surface area contributed by atoms with E-state index in [1.165, 1.54) is 38.9 Å². The molecular formula is C48H54FeN12O8+3. The van der Waals surface area contributed by atoms with Crippen molar-refractivity contribution in [2.24, 2.45) is 0 Å². The van der Waals surface area contributed by atoms with Crippen LogP contribution in [0.25, 0.3) is 44.4 Å². The van der Waals surface area contributed by atoms with Gasteiger partial charge in [-0.05, 0) is 124 Å². The number of carbonyl (C=O) groups is 6. The summed E-state index contributed by atoms with van der Waals surface area (Å²) in [5.74, 6) is -4.66. The number of nitrogens with zero attached hydrogens (tertiary/aromatic N) is 4. The molecule has 0 aliphatic carbocycles. The van der Waals surface area contributed by atoms with Gasteiger partial charge in [-0.3, -0.25) is 19.2 Å². The number of hydrogen-bond acceptors (Lipinski definition) is 10.